The van der Waals surface area contributed by atoms with Crippen LogP contribution in [0.25, 0.3) is 0 Å². The first-order valence-electron chi connectivity index (χ1n) is 3.51. The molecular formula is C8H14O. The largest absolute Gasteiger partial charge is 0.295 e. The summed E-state index contributed by atoms with van der Waals surface area (Å²) >= 11 is 0. The van der Waals surface area contributed by atoms with Crippen molar-refractivity contribution in [3.8, 4) is 0 Å². The molecule has 0 heterocycles. The van der Waals surface area contributed by atoms with E-state index in [0.717, 1.165) is 24.8 Å². The van der Waals surface area contributed by atoms with Crippen LogP contribution in [-0.2, 0) is 4.79 Å². The Hall–Kier alpha value is -0.590. The van der Waals surface area contributed by atoms with Crippen LogP contribution in [0.4, 0.5) is 0 Å². The van der Waals surface area contributed by atoms with Gasteiger partial charge in [-0.15, -0.1) is 0 Å². The molecule has 1 aliphatic carbocycles. The van der Waals surface area contributed by atoms with E-state index in [9.17, 15) is 4.79 Å². The zero-order valence-corrected chi connectivity index (χ0v) is 6.24. The van der Waals surface area contributed by atoms with Gasteiger partial charge in [0.05, 0.1) is 0 Å². The molecule has 0 aromatic rings. The van der Waals surface area contributed by atoms with Crippen molar-refractivity contribution in [3.05, 3.63) is 12.2 Å². The Balaban J connectivity index is 0.000000291. The first-order chi connectivity index (χ1) is 4.30. The van der Waals surface area contributed by atoms with Crippen molar-refractivity contribution < 1.29 is 4.79 Å². The van der Waals surface area contributed by atoms with E-state index in [1.165, 1.54) is 0 Å². The van der Waals surface area contributed by atoms with Gasteiger partial charge in [0, 0.05) is 6.42 Å². The first kappa shape index (κ1) is 8.41. The predicted molar refractivity (Wildman–Crippen MR) is 39.3 cm³/mol. The standard InChI is InChI=1S/C6H8O.C2H6/c1-5-3-2-4-6(5)7;1-2/h1-4H2;1-2H3. The maximum absolute atomic E-state index is 10.5. The van der Waals surface area contributed by atoms with Gasteiger partial charge in [0.1, 0.15) is 0 Å². The number of hydrogen-bond donors (Lipinski definition) is 0. The minimum Gasteiger partial charge on any atom is -0.295 e. The van der Waals surface area contributed by atoms with E-state index in [2.05, 4.69) is 6.58 Å². The van der Waals surface area contributed by atoms with E-state index in [1.54, 1.807) is 0 Å². The lowest BCUT2D eigenvalue weighted by Gasteiger charge is -1.80. The van der Waals surface area contributed by atoms with E-state index >= 15 is 0 Å². The SMILES string of the molecule is C=C1CCCC1=O.CC. The molecule has 0 aliphatic heterocycles. The van der Waals surface area contributed by atoms with Crippen LogP contribution in [0.15, 0.2) is 12.2 Å². The second kappa shape index (κ2) is 4.30. The zero-order valence-electron chi connectivity index (χ0n) is 6.24. The molecule has 0 unspecified atom stereocenters. The van der Waals surface area contributed by atoms with Crippen LogP contribution >= 0.6 is 0 Å². The van der Waals surface area contributed by atoms with Gasteiger partial charge in [-0.3, -0.25) is 4.79 Å². The Morgan fingerprint density at radius 2 is 1.89 bits per heavy atom. The summed E-state index contributed by atoms with van der Waals surface area (Å²) in [7, 11) is 0. The molecule has 0 atom stereocenters. The van der Waals surface area contributed by atoms with Gasteiger partial charge in [0.15, 0.2) is 5.78 Å². The molecule has 0 bridgehead atoms. The van der Waals surface area contributed by atoms with Gasteiger partial charge < -0.3 is 0 Å². The minimum absolute atomic E-state index is 0.264. The molecule has 1 saturated carbocycles. The highest BCUT2D eigenvalue weighted by Crippen LogP contribution is 2.17. The molecule has 0 N–H and O–H groups in total. The number of carbonyl (C=O) groups excluding carboxylic acids is 1. The van der Waals surface area contributed by atoms with Gasteiger partial charge in [-0.25, -0.2) is 0 Å². The number of Topliss-reactive ketones (excluding diaryl/α,β-unsaturated/α-hetero) is 1. The first-order valence-corrected chi connectivity index (χ1v) is 3.51. The van der Waals surface area contributed by atoms with E-state index in [0.29, 0.717) is 0 Å². The van der Waals surface area contributed by atoms with Crippen molar-refractivity contribution in [2.75, 3.05) is 0 Å². The molecule has 1 rings (SSSR count). The van der Waals surface area contributed by atoms with Crippen molar-refractivity contribution in [1.82, 2.24) is 0 Å². The van der Waals surface area contributed by atoms with Gasteiger partial charge >= 0.3 is 0 Å². The molecule has 1 fully saturated rings. The van der Waals surface area contributed by atoms with Crippen LogP contribution in [0, 0.1) is 0 Å². The molecule has 0 saturated heterocycles. The quantitative estimate of drug-likeness (QED) is 0.455. The van der Waals surface area contributed by atoms with Crippen molar-refractivity contribution in [3.63, 3.8) is 0 Å². The van der Waals surface area contributed by atoms with Gasteiger partial charge in [-0.1, -0.05) is 20.4 Å². The molecule has 1 aliphatic rings. The normalized spacial score (nSPS) is 17.1. The van der Waals surface area contributed by atoms with E-state index in [-0.39, 0.29) is 5.78 Å². The molecule has 1 nitrogen and oxygen atoms in total. The highest BCUT2D eigenvalue weighted by atomic mass is 16.1. The number of rotatable bonds is 0. The van der Waals surface area contributed by atoms with E-state index in [4.69, 9.17) is 0 Å². The smallest absolute Gasteiger partial charge is 0.158 e. The summed E-state index contributed by atoms with van der Waals surface area (Å²) in [5.41, 5.74) is 0.819. The molecule has 1 heteroatoms. The van der Waals surface area contributed by atoms with Gasteiger partial charge in [-0.2, -0.15) is 0 Å². The highest BCUT2D eigenvalue weighted by Gasteiger charge is 2.13. The van der Waals surface area contributed by atoms with Gasteiger partial charge in [0.2, 0.25) is 0 Å². The third kappa shape index (κ3) is 2.45. The van der Waals surface area contributed by atoms with Crippen molar-refractivity contribution in [2.24, 2.45) is 0 Å². The summed E-state index contributed by atoms with van der Waals surface area (Å²) < 4.78 is 0. The monoisotopic (exact) mass is 126 g/mol. The van der Waals surface area contributed by atoms with Gasteiger partial charge in [0.25, 0.3) is 0 Å². The predicted octanol–water partition coefficient (Wildman–Crippen LogP) is 2.32. The third-order valence-electron chi connectivity index (χ3n) is 1.28. The summed E-state index contributed by atoms with van der Waals surface area (Å²) in [4.78, 5) is 10.5. The number of allylic oxidation sites excluding steroid dienone is 1. The molecule has 9 heavy (non-hydrogen) atoms. The highest BCUT2D eigenvalue weighted by molar-refractivity contribution is 5.96. The summed E-state index contributed by atoms with van der Waals surface area (Å²) in [6, 6.07) is 0. The van der Waals surface area contributed by atoms with Crippen LogP contribution in [0.5, 0.6) is 0 Å². The van der Waals surface area contributed by atoms with Crippen molar-refractivity contribution in [1.29, 1.82) is 0 Å². The Bertz CT molecular complexity index is 99.7. The van der Waals surface area contributed by atoms with Crippen LogP contribution in [0.1, 0.15) is 33.1 Å². The van der Waals surface area contributed by atoms with Crippen LogP contribution < -0.4 is 0 Å². The average molecular weight is 126 g/mol. The molecule has 52 valence electrons. The zero-order chi connectivity index (χ0) is 7.28. The Kier molecular flexibility index (Phi) is 4.02. The molecular weight excluding hydrogens is 112 g/mol. The summed E-state index contributed by atoms with van der Waals surface area (Å²) in [6.45, 7) is 7.59. The average Bonchev–Trinajstić information content (AvgIpc) is 2.23. The lowest BCUT2D eigenvalue weighted by molar-refractivity contribution is -0.114. The fourth-order valence-corrected chi connectivity index (χ4v) is 0.779. The maximum atomic E-state index is 10.5. The fraction of sp³-hybridized carbons (Fsp3) is 0.625. The molecule has 0 aromatic carbocycles. The Labute approximate surface area is 56.8 Å². The van der Waals surface area contributed by atoms with Crippen LogP contribution in [-0.4, -0.2) is 5.78 Å². The second-order valence-electron chi connectivity index (χ2n) is 1.88. The lowest BCUT2D eigenvalue weighted by atomic mass is 10.2. The molecule has 0 aromatic heterocycles. The molecule has 0 amide bonds. The van der Waals surface area contributed by atoms with Gasteiger partial charge in [-0.05, 0) is 18.4 Å². The molecule has 0 radical (unpaired) electrons. The lowest BCUT2D eigenvalue weighted by Crippen LogP contribution is -1.86. The number of hydrogen-bond acceptors (Lipinski definition) is 1. The number of ketones is 1. The van der Waals surface area contributed by atoms with Crippen molar-refractivity contribution >= 4 is 5.78 Å². The van der Waals surface area contributed by atoms with Crippen molar-refractivity contribution in [2.45, 2.75) is 33.1 Å². The molecule has 0 spiro atoms. The minimum atomic E-state index is 0.264. The topological polar surface area (TPSA) is 17.1 Å². The summed E-state index contributed by atoms with van der Waals surface area (Å²) in [6.07, 6.45) is 2.69. The van der Waals surface area contributed by atoms with Crippen LogP contribution in [0.3, 0.4) is 0 Å². The third-order valence-corrected chi connectivity index (χ3v) is 1.28. The summed E-state index contributed by atoms with van der Waals surface area (Å²) in [5, 5.41) is 0. The van der Waals surface area contributed by atoms with E-state index in [1.807, 2.05) is 13.8 Å². The summed E-state index contributed by atoms with van der Waals surface area (Å²) in [5.74, 6) is 0.264. The number of carbonyl (C=O) groups is 1. The van der Waals surface area contributed by atoms with E-state index < -0.39 is 0 Å². The Morgan fingerprint density at radius 3 is 2.00 bits per heavy atom. The van der Waals surface area contributed by atoms with Crippen LogP contribution in [0.2, 0.25) is 0 Å². The maximum Gasteiger partial charge on any atom is 0.158 e. The second-order valence-corrected chi connectivity index (χ2v) is 1.88. The Morgan fingerprint density at radius 1 is 1.33 bits per heavy atom. The fourth-order valence-electron chi connectivity index (χ4n) is 0.779.